The normalized spacial score (nSPS) is 20.4. The molecule has 1 atom stereocenters. The number of imidazole rings is 1. The minimum Gasteiger partial charge on any atom is -0.368 e. The van der Waals surface area contributed by atoms with Gasteiger partial charge in [-0.15, -0.1) is 0 Å². The van der Waals surface area contributed by atoms with E-state index in [-0.39, 0.29) is 12.0 Å². The van der Waals surface area contributed by atoms with Gasteiger partial charge in [0.15, 0.2) is 0 Å². The average Bonchev–Trinajstić information content (AvgIpc) is 2.90. The summed E-state index contributed by atoms with van der Waals surface area (Å²) >= 11 is 0. The standard InChI is InChI=1S/C10H15N3O2/c14-10(8-2-1-7-15-8)13-4-3-9-11-5-6-12-9/h5-6,8H,1-4,7H2,(H,11,12)(H,13,14)/t8-/m0/s1. The van der Waals surface area contributed by atoms with Crippen molar-refractivity contribution in [1.82, 2.24) is 15.3 Å². The molecule has 0 aromatic carbocycles. The number of ether oxygens (including phenoxy) is 1. The maximum absolute atomic E-state index is 11.5. The maximum Gasteiger partial charge on any atom is 0.249 e. The van der Waals surface area contributed by atoms with Gasteiger partial charge in [0, 0.05) is 32.0 Å². The molecule has 2 rings (SSSR count). The molecule has 2 N–H and O–H groups in total. The van der Waals surface area contributed by atoms with Crippen LogP contribution in [-0.4, -0.2) is 35.1 Å². The Morgan fingerprint density at radius 1 is 1.73 bits per heavy atom. The lowest BCUT2D eigenvalue weighted by Crippen LogP contribution is -2.35. The fraction of sp³-hybridized carbons (Fsp3) is 0.600. The molecule has 0 saturated carbocycles. The van der Waals surface area contributed by atoms with Crippen molar-refractivity contribution in [2.45, 2.75) is 25.4 Å². The number of carbonyl (C=O) groups is 1. The lowest BCUT2D eigenvalue weighted by Gasteiger charge is -2.09. The van der Waals surface area contributed by atoms with Gasteiger partial charge in [-0.3, -0.25) is 4.79 Å². The highest BCUT2D eigenvalue weighted by Gasteiger charge is 2.22. The number of amides is 1. The summed E-state index contributed by atoms with van der Waals surface area (Å²) in [4.78, 5) is 18.6. The van der Waals surface area contributed by atoms with Crippen LogP contribution in [0.1, 0.15) is 18.7 Å². The summed E-state index contributed by atoms with van der Waals surface area (Å²) < 4.78 is 5.27. The summed E-state index contributed by atoms with van der Waals surface area (Å²) in [5.74, 6) is 0.890. The van der Waals surface area contributed by atoms with Crippen molar-refractivity contribution in [3.8, 4) is 0 Å². The van der Waals surface area contributed by atoms with Gasteiger partial charge in [-0.05, 0) is 12.8 Å². The van der Waals surface area contributed by atoms with E-state index in [1.165, 1.54) is 0 Å². The molecule has 0 aliphatic carbocycles. The Morgan fingerprint density at radius 2 is 2.67 bits per heavy atom. The van der Waals surface area contributed by atoms with Crippen LogP contribution in [0.25, 0.3) is 0 Å². The first-order valence-corrected chi connectivity index (χ1v) is 5.24. The quantitative estimate of drug-likeness (QED) is 0.746. The van der Waals surface area contributed by atoms with E-state index in [9.17, 15) is 4.79 Å². The first-order chi connectivity index (χ1) is 7.36. The number of nitrogens with zero attached hydrogens (tertiary/aromatic N) is 1. The van der Waals surface area contributed by atoms with Crippen LogP contribution in [0, 0.1) is 0 Å². The van der Waals surface area contributed by atoms with Gasteiger partial charge >= 0.3 is 0 Å². The van der Waals surface area contributed by atoms with E-state index in [1.807, 2.05) is 0 Å². The zero-order valence-corrected chi connectivity index (χ0v) is 8.53. The van der Waals surface area contributed by atoms with Gasteiger partial charge in [-0.2, -0.15) is 0 Å². The predicted octanol–water partition coefficient (Wildman–Crippen LogP) is 0.247. The van der Waals surface area contributed by atoms with Gasteiger partial charge in [-0.25, -0.2) is 4.98 Å². The molecule has 2 heterocycles. The monoisotopic (exact) mass is 209 g/mol. The summed E-state index contributed by atoms with van der Waals surface area (Å²) in [6.45, 7) is 1.31. The van der Waals surface area contributed by atoms with E-state index in [2.05, 4.69) is 15.3 Å². The van der Waals surface area contributed by atoms with Crippen molar-refractivity contribution in [2.75, 3.05) is 13.2 Å². The summed E-state index contributed by atoms with van der Waals surface area (Å²) in [5, 5.41) is 2.84. The van der Waals surface area contributed by atoms with Crippen LogP contribution in [0.15, 0.2) is 12.4 Å². The Bertz CT molecular complexity index is 304. The van der Waals surface area contributed by atoms with Gasteiger partial charge in [0.25, 0.3) is 0 Å². The Balaban J connectivity index is 1.67. The first kappa shape index (κ1) is 10.2. The Labute approximate surface area is 88.2 Å². The zero-order chi connectivity index (χ0) is 10.5. The molecule has 0 radical (unpaired) electrons. The molecule has 82 valence electrons. The highest BCUT2D eigenvalue weighted by molar-refractivity contribution is 5.80. The molecule has 1 aromatic rings. The number of aromatic nitrogens is 2. The number of hydrogen-bond donors (Lipinski definition) is 2. The minimum absolute atomic E-state index is 0.000874. The van der Waals surface area contributed by atoms with Crippen molar-refractivity contribution >= 4 is 5.91 Å². The van der Waals surface area contributed by atoms with Gasteiger partial charge in [-0.1, -0.05) is 0 Å². The lowest BCUT2D eigenvalue weighted by atomic mass is 10.2. The van der Waals surface area contributed by atoms with Gasteiger partial charge in [0.05, 0.1) is 0 Å². The fourth-order valence-electron chi connectivity index (χ4n) is 1.64. The molecule has 15 heavy (non-hydrogen) atoms. The molecule has 1 fully saturated rings. The van der Waals surface area contributed by atoms with E-state index in [0.717, 1.165) is 25.1 Å². The van der Waals surface area contributed by atoms with Crippen LogP contribution in [0.5, 0.6) is 0 Å². The van der Waals surface area contributed by atoms with Crippen LogP contribution in [0.3, 0.4) is 0 Å². The van der Waals surface area contributed by atoms with Crippen molar-refractivity contribution in [1.29, 1.82) is 0 Å². The third-order valence-electron chi connectivity index (χ3n) is 2.44. The molecule has 0 spiro atoms. The number of hydrogen-bond acceptors (Lipinski definition) is 3. The Hall–Kier alpha value is -1.36. The zero-order valence-electron chi connectivity index (χ0n) is 8.53. The van der Waals surface area contributed by atoms with Crippen LogP contribution in [0.4, 0.5) is 0 Å². The molecular formula is C10H15N3O2. The Morgan fingerprint density at radius 3 is 3.33 bits per heavy atom. The van der Waals surface area contributed by atoms with Crippen molar-refractivity contribution in [3.63, 3.8) is 0 Å². The number of H-pyrrole nitrogens is 1. The van der Waals surface area contributed by atoms with Gasteiger partial charge in [0.1, 0.15) is 11.9 Å². The second kappa shape index (κ2) is 4.93. The first-order valence-electron chi connectivity index (χ1n) is 5.24. The van der Waals surface area contributed by atoms with Crippen molar-refractivity contribution < 1.29 is 9.53 Å². The number of rotatable bonds is 4. The van der Waals surface area contributed by atoms with E-state index in [4.69, 9.17) is 4.74 Å². The third-order valence-corrected chi connectivity index (χ3v) is 2.44. The molecule has 1 amide bonds. The summed E-state index contributed by atoms with van der Waals surface area (Å²) in [6.07, 6.45) is 5.80. The molecule has 5 nitrogen and oxygen atoms in total. The second-order valence-corrected chi connectivity index (χ2v) is 3.58. The molecule has 0 bridgehead atoms. The fourth-order valence-corrected chi connectivity index (χ4v) is 1.64. The van der Waals surface area contributed by atoms with E-state index >= 15 is 0 Å². The predicted molar refractivity (Wildman–Crippen MR) is 54.3 cm³/mol. The van der Waals surface area contributed by atoms with Crippen LogP contribution < -0.4 is 5.32 Å². The van der Waals surface area contributed by atoms with E-state index < -0.39 is 0 Å². The van der Waals surface area contributed by atoms with Crippen LogP contribution in [0.2, 0.25) is 0 Å². The topological polar surface area (TPSA) is 67.0 Å². The molecular weight excluding hydrogens is 194 g/mol. The van der Waals surface area contributed by atoms with Gasteiger partial charge in [0.2, 0.25) is 5.91 Å². The molecule has 1 aromatic heterocycles. The highest BCUT2D eigenvalue weighted by Crippen LogP contribution is 2.11. The SMILES string of the molecule is O=C(NCCc1ncc[nH]1)[C@@H]1CCCO1. The summed E-state index contributed by atoms with van der Waals surface area (Å²) in [5.41, 5.74) is 0. The van der Waals surface area contributed by atoms with Crippen LogP contribution in [-0.2, 0) is 16.0 Å². The van der Waals surface area contributed by atoms with Gasteiger partial charge < -0.3 is 15.0 Å². The molecule has 1 saturated heterocycles. The summed E-state index contributed by atoms with van der Waals surface area (Å²) in [6, 6.07) is 0. The Kier molecular flexibility index (Phi) is 3.34. The minimum atomic E-state index is -0.235. The third kappa shape index (κ3) is 2.79. The number of aromatic amines is 1. The smallest absolute Gasteiger partial charge is 0.249 e. The van der Waals surface area contributed by atoms with Crippen molar-refractivity contribution in [2.24, 2.45) is 0 Å². The lowest BCUT2D eigenvalue weighted by molar-refractivity contribution is -0.129. The maximum atomic E-state index is 11.5. The second-order valence-electron chi connectivity index (χ2n) is 3.58. The van der Waals surface area contributed by atoms with E-state index in [0.29, 0.717) is 13.2 Å². The van der Waals surface area contributed by atoms with Crippen molar-refractivity contribution in [3.05, 3.63) is 18.2 Å². The molecule has 5 heteroatoms. The van der Waals surface area contributed by atoms with E-state index in [1.54, 1.807) is 12.4 Å². The number of carbonyl (C=O) groups excluding carboxylic acids is 1. The summed E-state index contributed by atoms with van der Waals surface area (Å²) in [7, 11) is 0. The average molecular weight is 209 g/mol. The number of nitrogens with one attached hydrogen (secondary N) is 2. The van der Waals surface area contributed by atoms with Crippen LogP contribution >= 0.6 is 0 Å². The largest absolute Gasteiger partial charge is 0.368 e. The highest BCUT2D eigenvalue weighted by atomic mass is 16.5. The molecule has 1 aliphatic heterocycles. The molecule has 0 unspecified atom stereocenters. The molecule has 1 aliphatic rings.